The molecule has 0 saturated carbocycles. The van der Waals surface area contributed by atoms with E-state index in [9.17, 15) is 29.4 Å². The molecule has 0 unspecified atom stereocenters. The Bertz CT molecular complexity index is 187. The molecule has 0 aliphatic carbocycles. The van der Waals surface area contributed by atoms with Crippen LogP contribution in [-0.4, -0.2) is 23.5 Å². The third-order valence-electron chi connectivity index (χ3n) is 0.575. The average Bonchev–Trinajstić information content (AvgIpc) is 2.08. The van der Waals surface area contributed by atoms with E-state index in [0.29, 0.717) is 0 Å². The van der Waals surface area contributed by atoms with E-state index in [2.05, 4.69) is 13.2 Å². The fourth-order valence-corrected chi connectivity index (χ4v) is 0. The van der Waals surface area contributed by atoms with E-state index in [1.807, 2.05) is 0 Å². The van der Waals surface area contributed by atoms with Gasteiger partial charge in [-0.2, -0.15) is 0 Å². The van der Waals surface area contributed by atoms with Gasteiger partial charge in [0.15, 0.2) is 11.6 Å². The second-order valence-electron chi connectivity index (χ2n) is 1.69. The number of carbonyl (C=O) groups is 4. The van der Waals surface area contributed by atoms with Crippen LogP contribution < -0.4 is 10.2 Å². The van der Waals surface area contributed by atoms with Gasteiger partial charge in [-0.25, -0.2) is 0 Å². The minimum atomic E-state index is -1.63. The van der Waals surface area contributed by atoms with E-state index < -0.39 is 23.5 Å². The molecule has 0 aromatic rings. The predicted octanol–water partition coefficient (Wildman–Crippen LogP) is -2.55. The fraction of sp³-hybridized carbons (Fsp3) is 0.250. The zero-order chi connectivity index (χ0) is 12.3. The van der Waals surface area contributed by atoms with Crippen LogP contribution in [0, 0.1) is 0 Å². The summed E-state index contributed by atoms with van der Waals surface area (Å²) < 4.78 is 0. The van der Waals surface area contributed by atoms with Gasteiger partial charge in [0.2, 0.25) is 0 Å². The largest absolute Gasteiger partial charge is 2.00 e. The number of hydrogen-bond acceptors (Lipinski definition) is 6. The molecule has 0 aliphatic heterocycles. The summed E-state index contributed by atoms with van der Waals surface area (Å²) in [6.07, 6.45) is 0. The monoisotopic (exact) mass is 260 g/mol. The van der Waals surface area contributed by atoms with E-state index in [4.69, 9.17) is 0 Å². The third kappa shape index (κ3) is 32.6. The van der Waals surface area contributed by atoms with Gasteiger partial charge >= 0.3 is 16.5 Å². The Morgan fingerprint density at radius 2 is 0.867 bits per heavy atom. The Balaban J connectivity index is -0.0000000653. The van der Waals surface area contributed by atoms with Crippen molar-refractivity contribution in [3.63, 3.8) is 0 Å². The molecule has 0 aromatic carbocycles. The summed E-state index contributed by atoms with van der Waals surface area (Å²) >= 11 is 0. The second kappa shape index (κ2) is 15.0. The third-order valence-corrected chi connectivity index (χ3v) is 0.575. The minimum absolute atomic E-state index is 0. The molecule has 15 heavy (non-hydrogen) atoms. The van der Waals surface area contributed by atoms with Crippen molar-refractivity contribution in [2.75, 3.05) is 0 Å². The molecule has 0 spiro atoms. The Morgan fingerprint density at radius 1 is 0.800 bits per heavy atom. The number of carbonyl (C=O) groups excluding carboxylic acids is 4. The van der Waals surface area contributed by atoms with Gasteiger partial charge in [0.25, 0.3) is 0 Å². The van der Waals surface area contributed by atoms with Crippen LogP contribution >= 0.6 is 0 Å². The first-order valence-electron chi connectivity index (χ1n) is 3.22. The maximum absolute atomic E-state index is 9.48. The quantitative estimate of drug-likeness (QED) is 0.307. The Morgan fingerprint density at radius 3 is 0.867 bits per heavy atom. The molecule has 0 atom stereocenters. The van der Waals surface area contributed by atoms with Crippen molar-refractivity contribution < 1.29 is 45.9 Å². The van der Waals surface area contributed by atoms with Crippen molar-refractivity contribution in [3.8, 4) is 0 Å². The summed E-state index contributed by atoms with van der Waals surface area (Å²) in [6, 6.07) is 0. The van der Waals surface area contributed by atoms with Gasteiger partial charge in [-0.15, -0.1) is 13.2 Å². The Kier molecular flexibility index (Phi) is 23.4. The molecule has 0 aromatic heterocycles. The molecule has 0 aliphatic rings. The van der Waals surface area contributed by atoms with E-state index in [1.165, 1.54) is 0 Å². The average molecular weight is 261 g/mol. The second-order valence-corrected chi connectivity index (χ2v) is 1.69. The Hall–Kier alpha value is -1.49. The van der Waals surface area contributed by atoms with E-state index in [-0.39, 0.29) is 16.5 Å². The van der Waals surface area contributed by atoms with Gasteiger partial charge in [-0.05, 0) is 0 Å². The molecule has 0 saturated heterocycles. The van der Waals surface area contributed by atoms with Crippen LogP contribution in [0.25, 0.3) is 0 Å². The first kappa shape index (κ1) is 23.4. The predicted molar refractivity (Wildman–Crippen MR) is 42.6 cm³/mol. The van der Waals surface area contributed by atoms with Gasteiger partial charge in [-0.3, -0.25) is 9.59 Å². The number of rotatable bonds is 2. The van der Waals surface area contributed by atoms with Gasteiger partial charge < -0.3 is 19.8 Å². The number of Topliss-reactive ketones (excluding diaryl/α,β-unsaturated/α-hetero) is 2. The van der Waals surface area contributed by atoms with Gasteiger partial charge in [0.05, 0.1) is 0 Å². The number of hydrogen-bond donors (Lipinski definition) is 0. The SMILES string of the molecule is C=C.CC(=O)C(=O)[O-].CC(=O)C(=O)[O-].[Ni+2]. The van der Waals surface area contributed by atoms with Crippen LogP contribution in [-0.2, 0) is 35.7 Å². The zero-order valence-electron chi connectivity index (χ0n) is 8.18. The maximum atomic E-state index is 9.48. The number of carboxylic acids is 2. The summed E-state index contributed by atoms with van der Waals surface area (Å²) in [4.78, 5) is 37.4. The summed E-state index contributed by atoms with van der Waals surface area (Å²) in [5, 5.41) is 18.5. The maximum Gasteiger partial charge on any atom is 2.00 e. The smallest absolute Gasteiger partial charge is 0.542 e. The normalized spacial score (nSPS) is 6.27. The summed E-state index contributed by atoms with van der Waals surface area (Å²) in [5.74, 6) is -5.13. The Labute approximate surface area is 96.9 Å². The fourth-order valence-electron chi connectivity index (χ4n) is 0. The van der Waals surface area contributed by atoms with Crippen molar-refractivity contribution in [1.82, 2.24) is 0 Å². The molecule has 0 amide bonds. The van der Waals surface area contributed by atoms with Crippen LogP contribution in [0.2, 0.25) is 0 Å². The van der Waals surface area contributed by atoms with Crippen molar-refractivity contribution in [1.29, 1.82) is 0 Å². The molecule has 0 heterocycles. The van der Waals surface area contributed by atoms with Gasteiger partial charge in [-0.1, -0.05) is 0 Å². The number of carboxylic acid groups (broad SMARTS) is 2. The summed E-state index contributed by atoms with van der Waals surface area (Å²) in [7, 11) is 0. The van der Waals surface area contributed by atoms with Crippen molar-refractivity contribution in [3.05, 3.63) is 13.2 Å². The van der Waals surface area contributed by atoms with Crippen LogP contribution in [0.1, 0.15) is 13.8 Å². The first-order chi connectivity index (χ1) is 6.29. The van der Waals surface area contributed by atoms with E-state index in [1.54, 1.807) is 0 Å². The molecule has 0 bridgehead atoms. The first-order valence-corrected chi connectivity index (χ1v) is 3.22. The molecule has 7 heteroatoms. The van der Waals surface area contributed by atoms with E-state index >= 15 is 0 Å². The van der Waals surface area contributed by atoms with Crippen LogP contribution in [0.5, 0.6) is 0 Å². The van der Waals surface area contributed by atoms with Crippen LogP contribution in [0.15, 0.2) is 13.2 Å². The molecule has 0 rings (SSSR count). The molecule has 88 valence electrons. The van der Waals surface area contributed by atoms with Crippen molar-refractivity contribution in [2.45, 2.75) is 13.8 Å². The van der Waals surface area contributed by atoms with Gasteiger partial charge in [0, 0.05) is 13.8 Å². The van der Waals surface area contributed by atoms with Crippen LogP contribution in [0.4, 0.5) is 0 Å². The molecular weight excluding hydrogens is 251 g/mol. The molecule has 0 fully saturated rings. The van der Waals surface area contributed by atoms with Gasteiger partial charge in [0.1, 0.15) is 11.9 Å². The standard InChI is InChI=1S/2C3H4O3.C2H4.Ni/c2*1-2(4)3(5)6;1-2;/h2*1H3,(H,5,6);1-2H2;/q;;;+2/p-2. The summed E-state index contributed by atoms with van der Waals surface area (Å²) in [5.41, 5.74) is 0. The zero-order valence-corrected chi connectivity index (χ0v) is 9.17. The topological polar surface area (TPSA) is 114 Å². The van der Waals surface area contributed by atoms with Crippen LogP contribution in [0.3, 0.4) is 0 Å². The number of ketones is 2. The molecular formula is C8H10NiO6. The molecule has 0 radical (unpaired) electrons. The molecule has 0 N–H and O–H groups in total. The minimum Gasteiger partial charge on any atom is -0.542 e. The summed E-state index contributed by atoms with van der Waals surface area (Å²) in [6.45, 7) is 7.88. The van der Waals surface area contributed by atoms with Crippen molar-refractivity contribution >= 4 is 23.5 Å². The van der Waals surface area contributed by atoms with Crippen molar-refractivity contribution in [2.24, 2.45) is 0 Å². The van der Waals surface area contributed by atoms with E-state index in [0.717, 1.165) is 13.8 Å². The number of aliphatic carboxylic acids is 2. The molecule has 6 nitrogen and oxygen atoms in total.